The fourth-order valence-corrected chi connectivity index (χ4v) is 3.31. The first-order valence-corrected chi connectivity index (χ1v) is 9.24. The number of anilines is 1. The van der Waals surface area contributed by atoms with Crippen molar-refractivity contribution in [2.24, 2.45) is 0 Å². The molecule has 3 aromatic rings. The van der Waals surface area contributed by atoms with Crippen LogP contribution >= 0.6 is 11.6 Å². The van der Waals surface area contributed by atoms with E-state index in [9.17, 15) is 14.7 Å². The van der Waals surface area contributed by atoms with E-state index in [4.69, 9.17) is 26.8 Å². The molecule has 4 rings (SSSR count). The monoisotopic (exact) mass is 419 g/mol. The van der Waals surface area contributed by atoms with Gasteiger partial charge in [0.15, 0.2) is 11.2 Å². The number of nitrogens with zero attached hydrogens (tertiary/aromatic N) is 3. The molecule has 0 aliphatic carbocycles. The van der Waals surface area contributed by atoms with E-state index in [2.05, 4.69) is 15.0 Å². The molecule has 0 unspecified atom stereocenters. The number of aromatic nitrogens is 4. The van der Waals surface area contributed by atoms with Gasteiger partial charge in [0.05, 0.1) is 18.9 Å². The number of ether oxygens (including phenoxy) is 2. The molecule has 2 aromatic heterocycles. The highest BCUT2D eigenvalue weighted by Gasteiger charge is 2.36. The number of fused-ring (bicyclic) bond motifs is 1. The van der Waals surface area contributed by atoms with Crippen LogP contribution in [0.3, 0.4) is 0 Å². The van der Waals surface area contributed by atoms with Gasteiger partial charge in [-0.1, -0.05) is 23.7 Å². The number of aliphatic hydroxyl groups is 1. The Morgan fingerprint density at radius 3 is 2.93 bits per heavy atom. The number of benzene rings is 1. The topological polar surface area (TPSA) is 145 Å². The Balaban J connectivity index is 1.39. The highest BCUT2D eigenvalue weighted by Crippen LogP contribution is 2.30. The predicted octanol–water partition coefficient (Wildman–Crippen LogP) is 0.789. The summed E-state index contributed by atoms with van der Waals surface area (Å²) in [6.07, 6.45) is -0.492. The number of carbonyl (C=O) groups excluding carboxylic acids is 1. The van der Waals surface area contributed by atoms with Crippen LogP contribution < -0.4 is 11.3 Å². The summed E-state index contributed by atoms with van der Waals surface area (Å²) in [5, 5.41) is 10.9. The number of rotatable bonds is 5. The van der Waals surface area contributed by atoms with Gasteiger partial charge in [0.2, 0.25) is 5.95 Å². The third-order valence-corrected chi connectivity index (χ3v) is 4.89. The summed E-state index contributed by atoms with van der Waals surface area (Å²) in [4.78, 5) is 34.4. The van der Waals surface area contributed by atoms with Crippen molar-refractivity contribution in [2.45, 2.75) is 31.3 Å². The third-order valence-electron chi connectivity index (χ3n) is 4.64. The Bertz CT molecular complexity index is 1100. The number of nitrogens with two attached hydrogens (primary N) is 1. The van der Waals surface area contributed by atoms with E-state index in [1.165, 1.54) is 10.9 Å². The van der Waals surface area contributed by atoms with E-state index in [0.29, 0.717) is 5.02 Å². The van der Waals surface area contributed by atoms with E-state index in [-0.39, 0.29) is 36.6 Å². The first kappa shape index (κ1) is 19.4. The second-order valence-electron chi connectivity index (χ2n) is 6.69. The second kappa shape index (κ2) is 7.82. The summed E-state index contributed by atoms with van der Waals surface area (Å²) in [6.45, 7) is -0.104. The predicted molar refractivity (Wildman–Crippen MR) is 103 cm³/mol. The number of hydrogen-bond donors (Lipinski definition) is 3. The highest BCUT2D eigenvalue weighted by molar-refractivity contribution is 6.30. The Hall–Kier alpha value is -2.95. The molecule has 0 saturated carbocycles. The van der Waals surface area contributed by atoms with Crippen molar-refractivity contribution in [2.75, 3.05) is 12.3 Å². The number of nitrogen functional groups attached to an aromatic ring is 1. The number of aromatic amines is 1. The maximum atomic E-state index is 12.1. The van der Waals surface area contributed by atoms with Gasteiger partial charge >= 0.3 is 5.97 Å². The molecule has 3 heterocycles. The van der Waals surface area contributed by atoms with Gasteiger partial charge in [-0.25, -0.2) is 4.98 Å². The molecular formula is C18H18ClN5O5. The molecule has 1 saturated heterocycles. The number of H-pyrrole nitrogens is 1. The van der Waals surface area contributed by atoms with Crippen molar-refractivity contribution in [1.29, 1.82) is 0 Å². The molecular weight excluding hydrogens is 402 g/mol. The Kier molecular flexibility index (Phi) is 5.22. The fraction of sp³-hybridized carbons (Fsp3) is 0.333. The molecule has 0 spiro atoms. The number of halogens is 1. The standard InChI is InChI=1S/C18H18ClN5O5/c19-10-3-1-9(2-4-10)5-14(26)28-7-12-11(25)6-13(29-12)24-8-21-15-16(24)22-18(20)23-17(15)27/h1-4,8,11-13,25H,5-7H2,(H3,20,22,23,27)/t11-,12+,13+/m0/s1. The minimum Gasteiger partial charge on any atom is -0.463 e. The number of aliphatic hydroxyl groups excluding tert-OH is 1. The molecule has 29 heavy (non-hydrogen) atoms. The van der Waals surface area contributed by atoms with E-state index >= 15 is 0 Å². The first-order valence-electron chi connectivity index (χ1n) is 8.86. The maximum Gasteiger partial charge on any atom is 0.310 e. The largest absolute Gasteiger partial charge is 0.463 e. The molecule has 4 N–H and O–H groups in total. The Morgan fingerprint density at radius 2 is 2.17 bits per heavy atom. The summed E-state index contributed by atoms with van der Waals surface area (Å²) >= 11 is 5.82. The number of nitrogens with one attached hydrogen (secondary N) is 1. The summed E-state index contributed by atoms with van der Waals surface area (Å²) in [7, 11) is 0. The zero-order chi connectivity index (χ0) is 20.5. The number of hydrogen-bond acceptors (Lipinski definition) is 8. The van der Waals surface area contributed by atoms with Crippen molar-refractivity contribution in [3.8, 4) is 0 Å². The quantitative estimate of drug-likeness (QED) is 0.514. The minimum absolute atomic E-state index is 0.0459. The molecule has 1 fully saturated rings. The smallest absolute Gasteiger partial charge is 0.310 e. The molecule has 1 aliphatic rings. The average molecular weight is 420 g/mol. The lowest BCUT2D eigenvalue weighted by molar-refractivity contribution is -0.149. The lowest BCUT2D eigenvalue weighted by Crippen LogP contribution is -2.28. The van der Waals surface area contributed by atoms with Crippen LogP contribution in [0, 0.1) is 0 Å². The van der Waals surface area contributed by atoms with Gasteiger partial charge in [-0.3, -0.25) is 19.1 Å². The van der Waals surface area contributed by atoms with Crippen LogP contribution in [0.1, 0.15) is 18.2 Å². The van der Waals surface area contributed by atoms with E-state index < -0.39 is 30.0 Å². The zero-order valence-electron chi connectivity index (χ0n) is 15.1. The summed E-state index contributed by atoms with van der Waals surface area (Å²) in [6, 6.07) is 6.87. The van der Waals surface area contributed by atoms with E-state index in [1.54, 1.807) is 24.3 Å². The van der Waals surface area contributed by atoms with Crippen molar-refractivity contribution in [1.82, 2.24) is 19.5 Å². The number of imidazole rings is 1. The van der Waals surface area contributed by atoms with Gasteiger partial charge in [-0.05, 0) is 17.7 Å². The Labute approximate surface area is 169 Å². The van der Waals surface area contributed by atoms with Gasteiger partial charge in [0.25, 0.3) is 5.56 Å². The van der Waals surface area contributed by atoms with Crippen molar-refractivity contribution in [3.05, 3.63) is 51.5 Å². The van der Waals surface area contributed by atoms with Gasteiger partial charge in [-0.2, -0.15) is 4.98 Å². The van der Waals surface area contributed by atoms with Crippen LogP contribution in [-0.2, 0) is 20.7 Å². The third kappa shape index (κ3) is 4.09. The van der Waals surface area contributed by atoms with E-state index in [1.807, 2.05) is 0 Å². The molecule has 10 nitrogen and oxygen atoms in total. The summed E-state index contributed by atoms with van der Waals surface area (Å²) in [5.41, 5.74) is 6.28. The van der Waals surface area contributed by atoms with Gasteiger partial charge in [0, 0.05) is 11.4 Å². The van der Waals surface area contributed by atoms with E-state index in [0.717, 1.165) is 5.56 Å². The van der Waals surface area contributed by atoms with Crippen LogP contribution in [0.4, 0.5) is 5.95 Å². The van der Waals surface area contributed by atoms with Crippen molar-refractivity contribution >= 4 is 34.7 Å². The number of carbonyl (C=O) groups is 1. The second-order valence-corrected chi connectivity index (χ2v) is 7.13. The van der Waals surface area contributed by atoms with Gasteiger partial charge in [-0.15, -0.1) is 0 Å². The van der Waals surface area contributed by atoms with Crippen LogP contribution in [0.25, 0.3) is 11.2 Å². The molecule has 0 radical (unpaired) electrons. The average Bonchev–Trinajstić information content (AvgIpc) is 3.25. The summed E-state index contributed by atoms with van der Waals surface area (Å²) in [5.74, 6) is -0.490. The first-order chi connectivity index (χ1) is 13.9. The normalized spacial score (nSPS) is 21.5. The summed E-state index contributed by atoms with van der Waals surface area (Å²) < 4.78 is 12.6. The molecule has 0 amide bonds. The SMILES string of the molecule is Nc1nc2c(ncn2[C@H]2C[C@H](O)[C@@H](COC(=O)Cc3ccc(Cl)cc3)O2)c(=O)[nH]1. The molecule has 152 valence electrons. The molecule has 3 atom stereocenters. The van der Waals surface area contributed by atoms with Crippen LogP contribution in [0.2, 0.25) is 5.02 Å². The fourth-order valence-electron chi connectivity index (χ4n) is 3.18. The minimum atomic E-state index is -0.861. The lowest BCUT2D eigenvalue weighted by Gasteiger charge is -2.16. The van der Waals surface area contributed by atoms with Crippen molar-refractivity contribution < 1.29 is 19.4 Å². The van der Waals surface area contributed by atoms with Gasteiger partial charge < -0.3 is 20.3 Å². The molecule has 1 aliphatic heterocycles. The van der Waals surface area contributed by atoms with Gasteiger partial charge in [0.1, 0.15) is 18.9 Å². The van der Waals surface area contributed by atoms with Crippen LogP contribution in [-0.4, -0.2) is 49.4 Å². The molecule has 1 aromatic carbocycles. The maximum absolute atomic E-state index is 12.1. The highest BCUT2D eigenvalue weighted by atomic mass is 35.5. The van der Waals surface area contributed by atoms with Crippen LogP contribution in [0.15, 0.2) is 35.4 Å². The lowest BCUT2D eigenvalue weighted by atomic mass is 10.1. The molecule has 11 heteroatoms. The number of esters is 1. The Morgan fingerprint density at radius 1 is 1.41 bits per heavy atom. The van der Waals surface area contributed by atoms with Crippen LogP contribution in [0.5, 0.6) is 0 Å². The van der Waals surface area contributed by atoms with Crippen molar-refractivity contribution in [3.63, 3.8) is 0 Å². The zero-order valence-corrected chi connectivity index (χ0v) is 15.9. The molecule has 0 bridgehead atoms.